The lowest BCUT2D eigenvalue weighted by molar-refractivity contribution is -0.113. The summed E-state index contributed by atoms with van der Waals surface area (Å²) in [5.74, 6) is 0.547. The van der Waals surface area contributed by atoms with Gasteiger partial charge in [0.15, 0.2) is 5.03 Å². The van der Waals surface area contributed by atoms with Crippen molar-refractivity contribution in [2.75, 3.05) is 18.2 Å². The lowest BCUT2D eigenvalue weighted by atomic mass is 10.3. The van der Waals surface area contributed by atoms with Crippen LogP contribution in [0, 0.1) is 0 Å². The molecular weight excluding hydrogens is 386 g/mol. The number of rotatable bonds is 6. The molecule has 1 heterocycles. The van der Waals surface area contributed by atoms with Gasteiger partial charge in [-0.15, -0.1) is 0 Å². The molecule has 0 atom stereocenters. The molecule has 27 heavy (non-hydrogen) atoms. The average molecular weight is 402 g/mol. The minimum atomic E-state index is -0.290. The Bertz CT molecular complexity index is 988. The van der Waals surface area contributed by atoms with Crippen LogP contribution in [0.4, 0.5) is 5.69 Å². The second-order valence-corrected chi connectivity index (χ2v) is 6.85. The summed E-state index contributed by atoms with van der Waals surface area (Å²) < 4.78 is 6.54. The fourth-order valence-corrected chi connectivity index (χ4v) is 3.13. The summed E-state index contributed by atoms with van der Waals surface area (Å²) in [6.45, 7) is 0. The van der Waals surface area contributed by atoms with Crippen LogP contribution >= 0.6 is 23.4 Å². The van der Waals surface area contributed by atoms with Gasteiger partial charge >= 0.3 is 0 Å². The molecule has 0 aliphatic heterocycles. The van der Waals surface area contributed by atoms with Crippen molar-refractivity contribution in [2.45, 2.75) is 5.03 Å². The van der Waals surface area contributed by atoms with Gasteiger partial charge in [0, 0.05) is 28.8 Å². The number of carbonyl (C=O) groups excluding carboxylic acids is 1. The molecule has 138 valence electrons. The van der Waals surface area contributed by atoms with E-state index in [9.17, 15) is 9.59 Å². The molecular formula is C19H16ClN3O3S. The Morgan fingerprint density at radius 1 is 1.19 bits per heavy atom. The van der Waals surface area contributed by atoms with Crippen molar-refractivity contribution in [3.63, 3.8) is 0 Å². The second kappa shape index (κ2) is 8.75. The highest BCUT2D eigenvalue weighted by atomic mass is 35.5. The number of amides is 1. The number of hydrogen-bond donors (Lipinski definition) is 1. The van der Waals surface area contributed by atoms with E-state index in [0.717, 1.165) is 11.8 Å². The molecule has 1 N–H and O–H groups in total. The summed E-state index contributed by atoms with van der Waals surface area (Å²) in [5.41, 5.74) is 1.04. The molecule has 3 rings (SSSR count). The van der Waals surface area contributed by atoms with Crippen molar-refractivity contribution in [3.8, 4) is 11.4 Å². The molecule has 3 aromatic rings. The smallest absolute Gasteiger partial charge is 0.287 e. The maximum Gasteiger partial charge on any atom is 0.287 e. The average Bonchev–Trinajstić information content (AvgIpc) is 2.68. The summed E-state index contributed by atoms with van der Waals surface area (Å²) in [7, 11) is 1.58. The fourth-order valence-electron chi connectivity index (χ4n) is 2.30. The predicted molar refractivity (Wildman–Crippen MR) is 107 cm³/mol. The monoisotopic (exact) mass is 401 g/mol. The van der Waals surface area contributed by atoms with E-state index in [1.807, 2.05) is 0 Å². The van der Waals surface area contributed by atoms with Gasteiger partial charge in [-0.25, -0.2) is 4.98 Å². The summed E-state index contributed by atoms with van der Waals surface area (Å²) in [5, 5.41) is 3.60. The lowest BCUT2D eigenvalue weighted by Gasteiger charge is -2.08. The van der Waals surface area contributed by atoms with E-state index < -0.39 is 0 Å². The number of halogens is 1. The zero-order valence-corrected chi connectivity index (χ0v) is 16.0. The van der Waals surface area contributed by atoms with Gasteiger partial charge in [0.2, 0.25) is 5.91 Å². The van der Waals surface area contributed by atoms with Crippen LogP contribution in [0.3, 0.4) is 0 Å². The molecule has 0 unspecified atom stereocenters. The van der Waals surface area contributed by atoms with E-state index >= 15 is 0 Å². The van der Waals surface area contributed by atoms with Gasteiger partial charge in [-0.2, -0.15) is 0 Å². The number of hydrogen-bond acceptors (Lipinski definition) is 5. The van der Waals surface area contributed by atoms with E-state index in [-0.39, 0.29) is 22.2 Å². The third-order valence-corrected chi connectivity index (χ3v) is 4.84. The first kappa shape index (κ1) is 19.0. The Labute approximate surface area is 165 Å². The van der Waals surface area contributed by atoms with Crippen LogP contribution in [0.5, 0.6) is 5.75 Å². The summed E-state index contributed by atoms with van der Waals surface area (Å²) >= 11 is 6.97. The molecule has 0 aliphatic rings. The Balaban J connectivity index is 1.67. The first-order valence-electron chi connectivity index (χ1n) is 7.97. The van der Waals surface area contributed by atoms with Crippen LogP contribution in [-0.2, 0) is 4.79 Å². The number of methoxy groups -OCH3 is 1. The van der Waals surface area contributed by atoms with Gasteiger partial charge in [0.1, 0.15) is 5.75 Å². The normalized spacial score (nSPS) is 10.4. The van der Waals surface area contributed by atoms with Crippen LogP contribution in [0.25, 0.3) is 5.69 Å². The number of ether oxygens (including phenoxy) is 1. The molecule has 0 radical (unpaired) electrons. The number of carbonyl (C=O) groups is 1. The third kappa shape index (κ3) is 4.90. The summed E-state index contributed by atoms with van der Waals surface area (Å²) in [6.07, 6.45) is 3.10. The van der Waals surface area contributed by atoms with Gasteiger partial charge in [0.05, 0.1) is 12.9 Å². The number of nitrogens with zero attached hydrogens (tertiary/aromatic N) is 2. The van der Waals surface area contributed by atoms with E-state index in [4.69, 9.17) is 16.3 Å². The SMILES string of the molecule is COc1ccc(NC(=O)CSc2nccn(-c3ccc(Cl)cc3)c2=O)cc1. The number of benzene rings is 2. The predicted octanol–water partition coefficient (Wildman–Crippen LogP) is 3.63. The van der Waals surface area contributed by atoms with Crippen LogP contribution < -0.4 is 15.6 Å². The molecule has 6 nitrogen and oxygen atoms in total. The number of nitrogens with one attached hydrogen (secondary N) is 1. The zero-order chi connectivity index (χ0) is 19.2. The van der Waals surface area contributed by atoms with Crippen molar-refractivity contribution in [3.05, 3.63) is 76.3 Å². The Hall–Kier alpha value is -2.77. The first-order chi connectivity index (χ1) is 13.1. The Morgan fingerprint density at radius 2 is 1.89 bits per heavy atom. The van der Waals surface area contributed by atoms with Crippen molar-refractivity contribution in [1.29, 1.82) is 0 Å². The Morgan fingerprint density at radius 3 is 2.56 bits per heavy atom. The van der Waals surface area contributed by atoms with Gasteiger partial charge < -0.3 is 10.1 Å². The molecule has 2 aromatic carbocycles. The van der Waals surface area contributed by atoms with Gasteiger partial charge in [-0.1, -0.05) is 23.4 Å². The number of aromatic nitrogens is 2. The number of thioether (sulfide) groups is 1. The highest BCUT2D eigenvalue weighted by molar-refractivity contribution is 7.99. The minimum absolute atomic E-state index is 0.0684. The molecule has 0 aliphatic carbocycles. The molecule has 0 fully saturated rings. The van der Waals surface area contributed by atoms with E-state index in [1.165, 1.54) is 10.8 Å². The molecule has 0 bridgehead atoms. The lowest BCUT2D eigenvalue weighted by Crippen LogP contribution is -2.22. The minimum Gasteiger partial charge on any atom is -0.497 e. The zero-order valence-electron chi connectivity index (χ0n) is 14.4. The molecule has 0 saturated carbocycles. The highest BCUT2D eigenvalue weighted by Crippen LogP contribution is 2.17. The maximum absolute atomic E-state index is 12.6. The van der Waals surface area contributed by atoms with Crippen LogP contribution in [-0.4, -0.2) is 28.3 Å². The van der Waals surface area contributed by atoms with Gasteiger partial charge in [-0.05, 0) is 48.5 Å². The standard InChI is InChI=1S/C19H16ClN3O3S/c1-26-16-8-4-14(5-9-16)22-17(24)12-27-18-19(25)23(11-10-21-18)15-6-2-13(20)3-7-15/h2-11H,12H2,1H3,(H,22,24). The molecule has 0 spiro atoms. The Kier molecular flexibility index (Phi) is 6.16. The summed E-state index contributed by atoms with van der Waals surface area (Å²) in [4.78, 5) is 28.8. The molecule has 1 amide bonds. The third-order valence-electron chi connectivity index (χ3n) is 3.63. The fraction of sp³-hybridized carbons (Fsp3) is 0.105. The van der Waals surface area contributed by atoms with Crippen LogP contribution in [0.1, 0.15) is 0 Å². The van der Waals surface area contributed by atoms with Crippen LogP contribution in [0.2, 0.25) is 5.02 Å². The molecule has 0 saturated heterocycles. The quantitative estimate of drug-likeness (QED) is 0.638. The van der Waals surface area contributed by atoms with Crippen molar-refractivity contribution in [1.82, 2.24) is 9.55 Å². The van der Waals surface area contributed by atoms with Gasteiger partial charge in [0.25, 0.3) is 5.56 Å². The largest absolute Gasteiger partial charge is 0.497 e. The van der Waals surface area contributed by atoms with E-state index in [1.54, 1.807) is 61.8 Å². The van der Waals surface area contributed by atoms with Gasteiger partial charge in [-0.3, -0.25) is 14.2 Å². The highest BCUT2D eigenvalue weighted by Gasteiger charge is 2.10. The molecule has 8 heteroatoms. The topological polar surface area (TPSA) is 73.2 Å². The second-order valence-electron chi connectivity index (χ2n) is 5.45. The molecule has 1 aromatic heterocycles. The maximum atomic E-state index is 12.6. The van der Waals surface area contributed by atoms with Crippen molar-refractivity contribution >= 4 is 35.0 Å². The number of anilines is 1. The first-order valence-corrected chi connectivity index (χ1v) is 9.33. The van der Waals surface area contributed by atoms with Crippen molar-refractivity contribution in [2.24, 2.45) is 0 Å². The summed E-state index contributed by atoms with van der Waals surface area (Å²) in [6, 6.07) is 13.9. The van der Waals surface area contributed by atoms with E-state index in [0.29, 0.717) is 22.1 Å². The van der Waals surface area contributed by atoms with E-state index in [2.05, 4.69) is 10.3 Å². The van der Waals surface area contributed by atoms with Crippen molar-refractivity contribution < 1.29 is 9.53 Å². The van der Waals surface area contributed by atoms with Crippen LogP contribution in [0.15, 0.2) is 70.7 Å².